The number of fused-ring (bicyclic) bond motifs is 2. The molecule has 0 saturated heterocycles. The van der Waals surface area contributed by atoms with Crippen molar-refractivity contribution in [3.05, 3.63) is 216 Å². The Balaban J connectivity index is 1.26. The molecule has 3 nitrogen and oxygen atoms in total. The summed E-state index contributed by atoms with van der Waals surface area (Å²) in [6.45, 7) is 11.0. The zero-order valence-corrected chi connectivity index (χ0v) is 35.9. The van der Waals surface area contributed by atoms with Crippen molar-refractivity contribution in [1.82, 2.24) is 9.97 Å². The molecule has 0 spiro atoms. The third-order valence-corrected chi connectivity index (χ3v) is 12.6. The zero-order valence-electron chi connectivity index (χ0n) is 35.9. The van der Waals surface area contributed by atoms with Gasteiger partial charge in [0.05, 0.1) is 11.4 Å². The van der Waals surface area contributed by atoms with Gasteiger partial charge in [-0.1, -0.05) is 189 Å². The Labute approximate surface area is 366 Å². The summed E-state index contributed by atoms with van der Waals surface area (Å²) >= 11 is 0. The number of nitrogens with zero attached hydrogens (tertiary/aromatic N) is 2. The fourth-order valence-electron chi connectivity index (χ4n) is 9.94. The van der Waals surface area contributed by atoms with Crippen LogP contribution in [-0.4, -0.2) is 23.4 Å². The molecule has 7 aromatic carbocycles. The molecule has 62 heavy (non-hydrogen) atoms. The van der Waals surface area contributed by atoms with Gasteiger partial charge in [0.1, 0.15) is 11.5 Å². The van der Waals surface area contributed by atoms with Gasteiger partial charge in [-0.15, -0.1) is 0 Å². The summed E-state index contributed by atoms with van der Waals surface area (Å²) in [6.07, 6.45) is 1.84. The van der Waals surface area contributed by atoms with Crippen LogP contribution in [0, 0.1) is 34.6 Å². The Kier molecular flexibility index (Phi) is 10.3. The summed E-state index contributed by atoms with van der Waals surface area (Å²) in [4.78, 5) is 9.77. The number of hydrogen-bond acceptors (Lipinski definition) is 3. The monoisotopic (exact) mass is 796 g/mol. The lowest BCUT2D eigenvalue weighted by atomic mass is 9.20. The molecule has 0 bridgehead atoms. The molecule has 5 heteroatoms. The molecule has 0 saturated carbocycles. The van der Waals surface area contributed by atoms with E-state index in [1.807, 2.05) is 24.4 Å². The SMILES string of the molecule is Cc1cccc(-c2cc(Oc3cccc(-c4ccccn4)c3)c3c(c2)B(c2c(C)cc(-c4ccccc4)cc2C)c2ccccc2B3c2c(C)cc(-c3ccccc3)cc2C)n1. The lowest BCUT2D eigenvalue weighted by Gasteiger charge is -2.36. The van der Waals surface area contributed by atoms with Crippen LogP contribution in [0.2, 0.25) is 0 Å². The van der Waals surface area contributed by atoms with Crippen molar-refractivity contribution in [2.75, 3.05) is 0 Å². The number of aromatic nitrogens is 2. The molecular weight excluding hydrogens is 750 g/mol. The maximum absolute atomic E-state index is 7.34. The number of ether oxygens (including phenoxy) is 1. The van der Waals surface area contributed by atoms with Gasteiger partial charge in [-0.05, 0) is 105 Å². The van der Waals surface area contributed by atoms with Crippen molar-refractivity contribution < 1.29 is 4.74 Å². The average Bonchev–Trinajstić information content (AvgIpc) is 3.30. The first kappa shape index (κ1) is 38.9. The molecule has 0 radical (unpaired) electrons. The molecule has 0 fully saturated rings. The second-order valence-corrected chi connectivity index (χ2v) is 16.8. The summed E-state index contributed by atoms with van der Waals surface area (Å²) in [6, 6.07) is 65.3. The first-order valence-electron chi connectivity index (χ1n) is 21.5. The zero-order chi connectivity index (χ0) is 42.3. The van der Waals surface area contributed by atoms with E-state index in [-0.39, 0.29) is 13.4 Å². The lowest BCUT2D eigenvalue weighted by molar-refractivity contribution is 0.487. The highest BCUT2D eigenvalue weighted by atomic mass is 16.5. The van der Waals surface area contributed by atoms with Crippen molar-refractivity contribution in [2.24, 2.45) is 0 Å². The van der Waals surface area contributed by atoms with E-state index in [9.17, 15) is 0 Å². The molecule has 2 aromatic heterocycles. The molecular formula is C57H46B2N2O. The van der Waals surface area contributed by atoms with Crippen LogP contribution in [0.3, 0.4) is 0 Å². The second kappa shape index (κ2) is 16.3. The maximum atomic E-state index is 7.34. The van der Waals surface area contributed by atoms with Crippen LogP contribution in [0.25, 0.3) is 44.8 Å². The van der Waals surface area contributed by atoms with Crippen LogP contribution in [0.15, 0.2) is 188 Å². The van der Waals surface area contributed by atoms with Gasteiger partial charge in [0, 0.05) is 23.0 Å². The third kappa shape index (κ3) is 7.24. The van der Waals surface area contributed by atoms with E-state index in [1.165, 1.54) is 77.3 Å². The van der Waals surface area contributed by atoms with E-state index in [2.05, 4.69) is 203 Å². The van der Waals surface area contributed by atoms with Gasteiger partial charge < -0.3 is 4.74 Å². The summed E-state index contributed by atoms with van der Waals surface area (Å²) in [5.74, 6) is 1.58. The minimum atomic E-state index is -0.111. The van der Waals surface area contributed by atoms with Gasteiger partial charge in [-0.3, -0.25) is 9.97 Å². The van der Waals surface area contributed by atoms with Crippen LogP contribution in [0.1, 0.15) is 27.9 Å². The average molecular weight is 797 g/mol. The highest BCUT2D eigenvalue weighted by molar-refractivity contribution is 7.12. The second-order valence-electron chi connectivity index (χ2n) is 16.8. The Morgan fingerprint density at radius 2 is 0.903 bits per heavy atom. The molecule has 3 heterocycles. The predicted molar refractivity (Wildman–Crippen MR) is 263 cm³/mol. The standard InChI is InChI=1S/C57H46B2N2O/c1-37-30-45(42-19-8-6-9-20-42)31-38(2)55(37)58-49-25-12-13-26-50(49)59(56-39(3)32-46(33-40(56)4)43-21-10-7-11-22-43)57-51(58)35-47(53-28-16-18-41(5)61-53)36-54(57)62-48-24-17-23-44(34-48)52-27-14-15-29-60-52/h6-36H,1-5H3. The normalized spacial score (nSPS) is 11.9. The Bertz CT molecular complexity index is 3070. The molecule has 0 amide bonds. The topological polar surface area (TPSA) is 35.0 Å². The number of hydrogen-bond donors (Lipinski definition) is 0. The largest absolute Gasteiger partial charge is 0.458 e. The summed E-state index contributed by atoms with van der Waals surface area (Å²) < 4.78 is 7.34. The molecule has 1 aliphatic heterocycles. The van der Waals surface area contributed by atoms with Crippen molar-refractivity contribution in [3.8, 4) is 56.3 Å². The van der Waals surface area contributed by atoms with Crippen molar-refractivity contribution in [2.45, 2.75) is 34.6 Å². The number of rotatable bonds is 8. The van der Waals surface area contributed by atoms with Crippen molar-refractivity contribution in [1.29, 1.82) is 0 Å². The maximum Gasteiger partial charge on any atom is 0.245 e. The summed E-state index contributed by atoms with van der Waals surface area (Å²) in [5.41, 5.74) is 22.4. The van der Waals surface area contributed by atoms with Gasteiger partial charge in [0.15, 0.2) is 0 Å². The minimum Gasteiger partial charge on any atom is -0.458 e. The molecule has 0 atom stereocenters. The molecule has 0 N–H and O–H groups in total. The van der Waals surface area contributed by atoms with Crippen molar-refractivity contribution in [3.63, 3.8) is 0 Å². The Hall–Kier alpha value is -7.23. The summed E-state index contributed by atoms with van der Waals surface area (Å²) in [5, 5.41) is 0. The molecule has 9 aromatic rings. The van der Waals surface area contributed by atoms with E-state index in [1.54, 1.807) is 0 Å². The van der Waals surface area contributed by atoms with Crippen molar-refractivity contribution >= 4 is 46.2 Å². The number of benzene rings is 7. The quantitative estimate of drug-likeness (QED) is 0.144. The van der Waals surface area contributed by atoms with Crippen LogP contribution < -0.4 is 37.5 Å². The minimum absolute atomic E-state index is 0.0709. The Morgan fingerprint density at radius 3 is 1.50 bits per heavy atom. The lowest BCUT2D eigenvalue weighted by Crippen LogP contribution is -2.76. The Morgan fingerprint density at radius 1 is 0.371 bits per heavy atom. The van der Waals surface area contributed by atoms with Gasteiger partial charge in [-0.25, -0.2) is 0 Å². The van der Waals surface area contributed by atoms with E-state index in [0.717, 1.165) is 39.7 Å². The number of pyridine rings is 2. The van der Waals surface area contributed by atoms with Gasteiger partial charge in [-0.2, -0.15) is 0 Å². The molecule has 296 valence electrons. The summed E-state index contributed by atoms with van der Waals surface area (Å²) in [7, 11) is 0. The number of aryl methyl sites for hydroxylation is 5. The first-order chi connectivity index (χ1) is 30.3. The highest BCUT2D eigenvalue weighted by Crippen LogP contribution is 2.31. The fraction of sp³-hybridized carbons (Fsp3) is 0.0877. The van der Waals surface area contributed by atoms with Crippen LogP contribution >= 0.6 is 0 Å². The van der Waals surface area contributed by atoms with Crippen LogP contribution in [0.5, 0.6) is 11.5 Å². The van der Waals surface area contributed by atoms with E-state index >= 15 is 0 Å². The fourth-order valence-corrected chi connectivity index (χ4v) is 9.94. The third-order valence-electron chi connectivity index (χ3n) is 12.6. The van der Waals surface area contributed by atoms with E-state index in [0.29, 0.717) is 0 Å². The van der Waals surface area contributed by atoms with E-state index < -0.39 is 0 Å². The molecule has 0 aliphatic carbocycles. The van der Waals surface area contributed by atoms with Gasteiger partial charge >= 0.3 is 0 Å². The van der Waals surface area contributed by atoms with Crippen LogP contribution in [0.4, 0.5) is 0 Å². The molecule has 1 aliphatic rings. The van der Waals surface area contributed by atoms with Gasteiger partial charge in [0.25, 0.3) is 0 Å². The van der Waals surface area contributed by atoms with Crippen LogP contribution in [-0.2, 0) is 0 Å². The highest BCUT2D eigenvalue weighted by Gasteiger charge is 2.43. The molecule has 0 unspecified atom stereocenters. The van der Waals surface area contributed by atoms with E-state index in [4.69, 9.17) is 9.72 Å². The first-order valence-corrected chi connectivity index (χ1v) is 21.5. The van der Waals surface area contributed by atoms with Gasteiger partial charge in [0.2, 0.25) is 13.4 Å². The predicted octanol–water partition coefficient (Wildman–Crippen LogP) is 9.82. The molecule has 10 rings (SSSR count). The smallest absolute Gasteiger partial charge is 0.245 e.